The lowest BCUT2D eigenvalue weighted by Gasteiger charge is -2.01. The number of rotatable bonds is 4. The minimum atomic E-state index is -0.482. The monoisotopic (exact) mass is 305 g/mol. The predicted molar refractivity (Wildman–Crippen MR) is 77.4 cm³/mol. The molecule has 0 bridgehead atoms. The SMILES string of the molecule is C[n+]1c(SCC(=O)Nn2cn[nH]c2=O)[nH]c2ccccc21. The molecule has 2 heterocycles. The van der Waals surface area contributed by atoms with Gasteiger partial charge in [-0.3, -0.25) is 10.2 Å². The van der Waals surface area contributed by atoms with Crippen LogP contribution in [-0.4, -0.2) is 31.5 Å². The summed E-state index contributed by atoms with van der Waals surface area (Å²) in [5.41, 5.74) is 4.03. The molecule has 2 aromatic heterocycles. The Labute approximate surface area is 123 Å². The molecule has 0 radical (unpaired) electrons. The smallest absolute Gasteiger partial charge is 0.272 e. The summed E-state index contributed by atoms with van der Waals surface area (Å²) in [6.45, 7) is 0. The average Bonchev–Trinajstić information content (AvgIpc) is 3.02. The molecule has 0 spiro atoms. The molecule has 9 heteroatoms. The Morgan fingerprint density at radius 1 is 1.48 bits per heavy atom. The van der Waals surface area contributed by atoms with Crippen molar-refractivity contribution in [3.8, 4) is 0 Å². The summed E-state index contributed by atoms with van der Waals surface area (Å²) in [5, 5.41) is 6.60. The minimum absolute atomic E-state index is 0.179. The first-order valence-corrected chi connectivity index (χ1v) is 7.15. The highest BCUT2D eigenvalue weighted by Crippen LogP contribution is 2.16. The maximum absolute atomic E-state index is 11.8. The van der Waals surface area contributed by atoms with Crippen molar-refractivity contribution < 1.29 is 9.36 Å². The van der Waals surface area contributed by atoms with Gasteiger partial charge in [0.25, 0.3) is 0 Å². The van der Waals surface area contributed by atoms with Gasteiger partial charge >= 0.3 is 10.8 Å². The highest BCUT2D eigenvalue weighted by atomic mass is 32.2. The van der Waals surface area contributed by atoms with E-state index in [1.807, 2.05) is 35.9 Å². The second kappa shape index (κ2) is 5.44. The number of nitrogens with zero attached hydrogens (tertiary/aromatic N) is 3. The lowest BCUT2D eigenvalue weighted by Crippen LogP contribution is -2.33. The molecular weight excluding hydrogens is 292 g/mol. The van der Waals surface area contributed by atoms with E-state index in [0.717, 1.165) is 20.9 Å². The topological polar surface area (TPSA) is 99.4 Å². The molecular formula is C12H13N6O2S+. The zero-order chi connectivity index (χ0) is 14.8. The largest absolute Gasteiger partial charge is 0.362 e. The number of imidazole rings is 1. The first kappa shape index (κ1) is 13.4. The number of fused-ring (bicyclic) bond motifs is 1. The van der Waals surface area contributed by atoms with Gasteiger partial charge in [0.05, 0.1) is 12.8 Å². The molecule has 0 fully saturated rings. The van der Waals surface area contributed by atoms with Gasteiger partial charge in [0.15, 0.2) is 11.0 Å². The van der Waals surface area contributed by atoms with Gasteiger partial charge in [0.2, 0.25) is 5.91 Å². The van der Waals surface area contributed by atoms with Crippen molar-refractivity contribution in [1.29, 1.82) is 0 Å². The maximum atomic E-state index is 11.8. The lowest BCUT2D eigenvalue weighted by atomic mass is 10.3. The number of H-pyrrole nitrogens is 2. The molecule has 0 unspecified atom stereocenters. The van der Waals surface area contributed by atoms with E-state index in [-0.39, 0.29) is 11.7 Å². The Morgan fingerprint density at radius 3 is 3.00 bits per heavy atom. The van der Waals surface area contributed by atoms with E-state index in [9.17, 15) is 9.59 Å². The third-order valence-corrected chi connectivity index (χ3v) is 4.00. The normalized spacial score (nSPS) is 10.9. The van der Waals surface area contributed by atoms with Gasteiger partial charge in [-0.1, -0.05) is 12.1 Å². The van der Waals surface area contributed by atoms with E-state index >= 15 is 0 Å². The van der Waals surface area contributed by atoms with Crippen LogP contribution in [0.1, 0.15) is 0 Å². The molecule has 0 atom stereocenters. The number of hydrogen-bond donors (Lipinski definition) is 3. The summed E-state index contributed by atoms with van der Waals surface area (Å²) in [7, 11) is 1.93. The van der Waals surface area contributed by atoms with Gasteiger partial charge in [-0.25, -0.2) is 19.4 Å². The van der Waals surface area contributed by atoms with Crippen molar-refractivity contribution in [2.24, 2.45) is 7.05 Å². The maximum Gasteiger partial charge on any atom is 0.362 e. The van der Waals surface area contributed by atoms with Crippen molar-refractivity contribution in [1.82, 2.24) is 19.9 Å². The van der Waals surface area contributed by atoms with E-state index in [2.05, 4.69) is 20.6 Å². The Balaban J connectivity index is 1.69. The van der Waals surface area contributed by atoms with Crippen LogP contribution in [0.3, 0.4) is 0 Å². The number of aromatic amines is 2. The highest BCUT2D eigenvalue weighted by Gasteiger charge is 2.16. The molecule has 21 heavy (non-hydrogen) atoms. The van der Waals surface area contributed by atoms with Gasteiger partial charge in [-0.2, -0.15) is 9.77 Å². The van der Waals surface area contributed by atoms with Crippen LogP contribution in [0.5, 0.6) is 0 Å². The van der Waals surface area contributed by atoms with E-state index in [0.29, 0.717) is 0 Å². The molecule has 1 aromatic carbocycles. The van der Waals surface area contributed by atoms with Crippen LogP contribution < -0.4 is 15.7 Å². The van der Waals surface area contributed by atoms with Crippen LogP contribution in [-0.2, 0) is 11.8 Å². The van der Waals surface area contributed by atoms with E-state index in [1.54, 1.807) is 0 Å². The quantitative estimate of drug-likeness (QED) is 0.457. The zero-order valence-corrected chi connectivity index (χ0v) is 12.0. The summed E-state index contributed by atoms with van der Waals surface area (Å²) in [4.78, 5) is 26.3. The van der Waals surface area contributed by atoms with Crippen LogP contribution >= 0.6 is 11.8 Å². The van der Waals surface area contributed by atoms with Crippen molar-refractivity contribution in [2.75, 3.05) is 11.2 Å². The number of hydrogen-bond acceptors (Lipinski definition) is 4. The minimum Gasteiger partial charge on any atom is -0.272 e. The number of para-hydroxylation sites is 2. The molecule has 0 saturated carbocycles. The summed E-state index contributed by atoms with van der Waals surface area (Å²) in [5.74, 6) is -0.111. The fraction of sp³-hybridized carbons (Fsp3) is 0.167. The van der Waals surface area contributed by atoms with E-state index in [4.69, 9.17) is 0 Å². The Kier molecular flexibility index (Phi) is 3.48. The molecule has 3 aromatic rings. The van der Waals surface area contributed by atoms with Crippen molar-refractivity contribution in [2.45, 2.75) is 5.16 Å². The number of thioether (sulfide) groups is 1. The number of carbonyl (C=O) groups excluding carboxylic acids is 1. The summed E-state index contributed by atoms with van der Waals surface area (Å²) < 4.78 is 2.99. The number of aryl methyl sites for hydroxylation is 1. The standard InChI is InChI=1S/C12H12N6O2S/c1-17-9-5-3-2-4-8(9)14-12(17)21-6-10(19)16-18-7-13-15-11(18)20/h2-5,7H,6H2,1H3,(H2,15,16,19,20)/p+1. The summed E-state index contributed by atoms with van der Waals surface area (Å²) in [6.07, 6.45) is 1.22. The number of amides is 1. The summed E-state index contributed by atoms with van der Waals surface area (Å²) in [6, 6.07) is 7.89. The van der Waals surface area contributed by atoms with Crippen LogP contribution in [0.15, 0.2) is 40.5 Å². The molecule has 0 saturated heterocycles. The first-order valence-electron chi connectivity index (χ1n) is 6.16. The predicted octanol–water partition coefficient (Wildman–Crippen LogP) is -0.260. The molecule has 108 valence electrons. The number of aromatic nitrogens is 5. The van der Waals surface area contributed by atoms with E-state index < -0.39 is 5.69 Å². The second-order valence-corrected chi connectivity index (χ2v) is 5.33. The fourth-order valence-electron chi connectivity index (χ4n) is 1.94. The molecule has 1 amide bonds. The Hall–Kier alpha value is -2.55. The van der Waals surface area contributed by atoms with Crippen molar-refractivity contribution in [3.05, 3.63) is 41.1 Å². The molecule has 0 aliphatic heterocycles. The molecule has 0 aliphatic carbocycles. The zero-order valence-electron chi connectivity index (χ0n) is 11.2. The molecule has 3 rings (SSSR count). The van der Waals surface area contributed by atoms with Gasteiger partial charge in [0.1, 0.15) is 6.33 Å². The number of benzene rings is 1. The molecule has 0 aliphatic rings. The van der Waals surface area contributed by atoms with Crippen LogP contribution in [0.25, 0.3) is 11.0 Å². The van der Waals surface area contributed by atoms with E-state index in [1.165, 1.54) is 18.1 Å². The molecule has 8 nitrogen and oxygen atoms in total. The first-order chi connectivity index (χ1) is 10.1. The Bertz CT molecular complexity index is 849. The third kappa shape index (κ3) is 2.68. The number of carbonyl (C=O) groups is 1. The van der Waals surface area contributed by atoms with Crippen molar-refractivity contribution in [3.63, 3.8) is 0 Å². The third-order valence-electron chi connectivity index (χ3n) is 2.95. The Morgan fingerprint density at radius 2 is 2.29 bits per heavy atom. The van der Waals surface area contributed by atoms with Gasteiger partial charge < -0.3 is 0 Å². The van der Waals surface area contributed by atoms with Gasteiger partial charge in [-0.15, -0.1) is 0 Å². The average molecular weight is 305 g/mol. The lowest BCUT2D eigenvalue weighted by molar-refractivity contribution is -0.683. The fourth-order valence-corrected chi connectivity index (χ4v) is 2.75. The van der Waals surface area contributed by atoms with Crippen LogP contribution in [0, 0.1) is 0 Å². The van der Waals surface area contributed by atoms with Crippen molar-refractivity contribution >= 4 is 28.7 Å². The van der Waals surface area contributed by atoms with Gasteiger partial charge in [0, 0.05) is 0 Å². The number of nitrogens with one attached hydrogen (secondary N) is 3. The summed E-state index contributed by atoms with van der Waals surface area (Å²) >= 11 is 1.36. The van der Waals surface area contributed by atoms with Gasteiger partial charge in [-0.05, 0) is 23.9 Å². The molecule has 3 N–H and O–H groups in total. The highest BCUT2D eigenvalue weighted by molar-refractivity contribution is 7.99. The van der Waals surface area contributed by atoms with Crippen LogP contribution in [0.2, 0.25) is 0 Å². The van der Waals surface area contributed by atoms with Crippen LogP contribution in [0.4, 0.5) is 0 Å². The second-order valence-electron chi connectivity index (χ2n) is 4.36.